The normalized spacial score (nSPS) is 14.9. The molecule has 0 bridgehead atoms. The minimum Gasteiger partial charge on any atom is -0.301 e. The number of nitrogens with zero attached hydrogens (tertiary/aromatic N) is 1. The number of rotatable bonds is 3. The van der Waals surface area contributed by atoms with Gasteiger partial charge < -0.3 is 4.99 Å². The van der Waals surface area contributed by atoms with Gasteiger partial charge in [-0.2, -0.15) is 11.8 Å². The van der Waals surface area contributed by atoms with E-state index in [1.54, 1.807) is 0 Å². The Morgan fingerprint density at radius 1 is 1.75 bits per heavy atom. The summed E-state index contributed by atoms with van der Waals surface area (Å²) < 4.78 is 0. The zero-order chi connectivity index (χ0) is 6.41. The van der Waals surface area contributed by atoms with E-state index in [0.717, 1.165) is 11.7 Å². The van der Waals surface area contributed by atoms with Crippen LogP contribution in [0.25, 0.3) is 0 Å². The van der Waals surface area contributed by atoms with E-state index in [0.29, 0.717) is 0 Å². The van der Waals surface area contributed by atoms with Crippen molar-refractivity contribution in [2.45, 2.75) is 18.6 Å². The lowest BCUT2D eigenvalue weighted by Crippen LogP contribution is -1.93. The molecule has 0 rings (SSSR count). The molecule has 0 amide bonds. The molecule has 1 nitrogen and oxygen atoms in total. The summed E-state index contributed by atoms with van der Waals surface area (Å²) in [5, 5.41) is 0.721. The molecule has 0 aromatic heterocycles. The zero-order valence-corrected chi connectivity index (χ0v) is 6.53. The van der Waals surface area contributed by atoms with Gasteiger partial charge in [0.1, 0.15) is 0 Å². The minimum atomic E-state index is 0.721. The van der Waals surface area contributed by atoms with Crippen molar-refractivity contribution in [2.24, 2.45) is 4.99 Å². The Balaban J connectivity index is 3.10. The molecule has 2 heteroatoms. The highest BCUT2D eigenvalue weighted by Crippen LogP contribution is 2.06. The molecule has 8 heavy (non-hydrogen) atoms. The largest absolute Gasteiger partial charge is 0.301 e. The van der Waals surface area contributed by atoms with Gasteiger partial charge in [-0.1, -0.05) is 6.92 Å². The first-order valence-electron chi connectivity index (χ1n) is 2.74. The molecule has 0 aliphatic heterocycles. The fourth-order valence-corrected chi connectivity index (χ4v) is 0.629. The maximum absolute atomic E-state index is 3.89. The summed E-state index contributed by atoms with van der Waals surface area (Å²) in [7, 11) is 1.81. The van der Waals surface area contributed by atoms with Crippen LogP contribution in [0, 0.1) is 0 Å². The average molecular weight is 131 g/mol. The zero-order valence-electron chi connectivity index (χ0n) is 5.72. The Hall–Kier alpha value is 0.0200. The molecule has 0 N–H and O–H groups in total. The third-order valence-corrected chi connectivity index (χ3v) is 2.02. The first-order chi connectivity index (χ1) is 3.81. The summed E-state index contributed by atoms with van der Waals surface area (Å²) in [6.45, 7) is 2.20. The molecule has 0 aliphatic rings. The Morgan fingerprint density at radius 3 is 2.75 bits per heavy atom. The molecule has 0 aromatic rings. The third-order valence-electron chi connectivity index (χ3n) is 1.02. The standard InChI is InChI=1S/C6H13NS/c1-6(8-3)4-5-7-2/h5-6H,4H2,1-3H3/t6-/m0/s1. The van der Waals surface area contributed by atoms with Crippen LogP contribution in [0.2, 0.25) is 0 Å². The fourth-order valence-electron chi connectivity index (χ4n) is 0.350. The van der Waals surface area contributed by atoms with E-state index in [4.69, 9.17) is 0 Å². The summed E-state index contributed by atoms with van der Waals surface area (Å²) in [4.78, 5) is 3.89. The van der Waals surface area contributed by atoms with Crippen molar-refractivity contribution >= 4 is 18.0 Å². The monoisotopic (exact) mass is 131 g/mol. The van der Waals surface area contributed by atoms with Gasteiger partial charge in [0.15, 0.2) is 0 Å². The lowest BCUT2D eigenvalue weighted by molar-refractivity contribution is 1.03. The van der Waals surface area contributed by atoms with Gasteiger partial charge in [-0.05, 0) is 18.9 Å². The molecule has 48 valence electrons. The van der Waals surface area contributed by atoms with Crippen molar-refractivity contribution in [3.8, 4) is 0 Å². The number of hydrogen-bond acceptors (Lipinski definition) is 2. The highest BCUT2D eigenvalue weighted by atomic mass is 32.2. The molecule has 0 saturated carbocycles. The average Bonchev–Trinajstić information content (AvgIpc) is 1.83. The Morgan fingerprint density at radius 2 is 2.38 bits per heavy atom. The molecule has 0 saturated heterocycles. The van der Waals surface area contributed by atoms with Gasteiger partial charge in [-0.15, -0.1) is 0 Å². The quantitative estimate of drug-likeness (QED) is 0.532. The summed E-state index contributed by atoms with van der Waals surface area (Å²) in [6.07, 6.45) is 5.17. The number of thioether (sulfide) groups is 1. The number of hydrogen-bond donors (Lipinski definition) is 0. The summed E-state index contributed by atoms with van der Waals surface area (Å²) in [5.74, 6) is 0. The molecule has 0 fully saturated rings. The molecule has 0 unspecified atom stereocenters. The van der Waals surface area contributed by atoms with Gasteiger partial charge in [0.2, 0.25) is 0 Å². The topological polar surface area (TPSA) is 12.4 Å². The van der Waals surface area contributed by atoms with Crippen LogP contribution in [-0.2, 0) is 0 Å². The van der Waals surface area contributed by atoms with E-state index in [2.05, 4.69) is 18.2 Å². The van der Waals surface area contributed by atoms with Crippen LogP contribution in [0.3, 0.4) is 0 Å². The van der Waals surface area contributed by atoms with Crippen molar-refractivity contribution in [1.82, 2.24) is 0 Å². The predicted molar refractivity (Wildman–Crippen MR) is 42.0 cm³/mol. The predicted octanol–water partition coefficient (Wildman–Crippen LogP) is 1.83. The second-order valence-corrected chi connectivity index (χ2v) is 3.00. The van der Waals surface area contributed by atoms with Crippen LogP contribution in [0.4, 0.5) is 0 Å². The highest BCUT2D eigenvalue weighted by molar-refractivity contribution is 7.99. The molecule has 0 heterocycles. The van der Waals surface area contributed by atoms with Crippen molar-refractivity contribution in [3.63, 3.8) is 0 Å². The van der Waals surface area contributed by atoms with Crippen molar-refractivity contribution in [3.05, 3.63) is 0 Å². The Kier molecular flexibility index (Phi) is 5.18. The van der Waals surface area contributed by atoms with E-state index >= 15 is 0 Å². The van der Waals surface area contributed by atoms with Crippen molar-refractivity contribution < 1.29 is 0 Å². The molecular weight excluding hydrogens is 118 g/mol. The maximum Gasteiger partial charge on any atom is 0.0273 e. The minimum absolute atomic E-state index is 0.721. The first-order valence-corrected chi connectivity index (χ1v) is 4.03. The van der Waals surface area contributed by atoms with E-state index in [-0.39, 0.29) is 0 Å². The second-order valence-electron chi connectivity index (χ2n) is 1.72. The van der Waals surface area contributed by atoms with E-state index < -0.39 is 0 Å². The van der Waals surface area contributed by atoms with Gasteiger partial charge in [-0.3, -0.25) is 0 Å². The summed E-state index contributed by atoms with van der Waals surface area (Å²) >= 11 is 1.87. The Labute approximate surface area is 55.6 Å². The van der Waals surface area contributed by atoms with Crippen molar-refractivity contribution in [2.75, 3.05) is 13.3 Å². The van der Waals surface area contributed by atoms with E-state index in [1.807, 2.05) is 25.0 Å². The number of aliphatic imine (C=N–C) groups is 1. The molecule has 0 spiro atoms. The summed E-state index contributed by atoms with van der Waals surface area (Å²) in [5.41, 5.74) is 0. The molecule has 0 aromatic carbocycles. The van der Waals surface area contributed by atoms with Crippen molar-refractivity contribution in [1.29, 1.82) is 0 Å². The second kappa shape index (κ2) is 5.16. The van der Waals surface area contributed by atoms with Crippen LogP contribution >= 0.6 is 11.8 Å². The molecule has 0 aliphatic carbocycles. The van der Waals surface area contributed by atoms with Gasteiger partial charge in [0.05, 0.1) is 0 Å². The lowest BCUT2D eigenvalue weighted by Gasteiger charge is -2.00. The third kappa shape index (κ3) is 4.19. The van der Waals surface area contributed by atoms with Crippen LogP contribution < -0.4 is 0 Å². The van der Waals surface area contributed by atoms with E-state index in [1.165, 1.54) is 0 Å². The fraction of sp³-hybridized carbons (Fsp3) is 0.833. The lowest BCUT2D eigenvalue weighted by atomic mass is 10.4. The Bertz CT molecular complexity index is 70.9. The maximum atomic E-state index is 3.89. The highest BCUT2D eigenvalue weighted by Gasteiger charge is 1.92. The van der Waals surface area contributed by atoms with Crippen LogP contribution in [-0.4, -0.2) is 24.8 Å². The van der Waals surface area contributed by atoms with Gasteiger partial charge >= 0.3 is 0 Å². The molecule has 1 atom stereocenters. The first kappa shape index (κ1) is 8.02. The van der Waals surface area contributed by atoms with Gasteiger partial charge in [0, 0.05) is 12.3 Å². The smallest absolute Gasteiger partial charge is 0.0273 e. The van der Waals surface area contributed by atoms with E-state index in [9.17, 15) is 0 Å². The molecule has 0 radical (unpaired) electrons. The van der Waals surface area contributed by atoms with Crippen LogP contribution in [0.5, 0.6) is 0 Å². The summed E-state index contributed by atoms with van der Waals surface area (Å²) in [6, 6.07) is 0. The van der Waals surface area contributed by atoms with Crippen LogP contribution in [0.1, 0.15) is 13.3 Å². The van der Waals surface area contributed by atoms with Gasteiger partial charge in [0.25, 0.3) is 0 Å². The molecular formula is C6H13NS. The SMILES string of the molecule is CN=CC[C@H](C)SC. The van der Waals surface area contributed by atoms with Crippen LogP contribution in [0.15, 0.2) is 4.99 Å². The van der Waals surface area contributed by atoms with Gasteiger partial charge in [-0.25, -0.2) is 0 Å².